The molecule has 2 aliphatic heterocycles. The van der Waals surface area contributed by atoms with Gasteiger partial charge in [-0.05, 0) is 37.0 Å². The lowest BCUT2D eigenvalue weighted by molar-refractivity contribution is -0.121. The molecule has 1 atom stereocenters. The number of amides is 1. The van der Waals surface area contributed by atoms with Crippen LogP contribution in [-0.2, 0) is 11.3 Å². The Hall–Kier alpha value is -2.07. The van der Waals surface area contributed by atoms with E-state index in [0.717, 1.165) is 50.2 Å². The number of hydrogen-bond acceptors (Lipinski definition) is 3. The highest BCUT2D eigenvalue weighted by Gasteiger charge is 2.46. The van der Waals surface area contributed by atoms with Gasteiger partial charge in [-0.3, -0.25) is 9.69 Å². The summed E-state index contributed by atoms with van der Waals surface area (Å²) in [6.07, 6.45) is 4.68. The van der Waals surface area contributed by atoms with E-state index in [0.29, 0.717) is 0 Å². The molecule has 120 valence electrons. The van der Waals surface area contributed by atoms with Crippen molar-refractivity contribution >= 4 is 5.91 Å². The van der Waals surface area contributed by atoms with Crippen molar-refractivity contribution in [3.05, 3.63) is 60.1 Å². The van der Waals surface area contributed by atoms with Gasteiger partial charge in [0.2, 0.25) is 5.91 Å². The monoisotopic (exact) mass is 310 g/mol. The molecule has 1 aromatic heterocycles. The summed E-state index contributed by atoms with van der Waals surface area (Å²) in [6, 6.07) is 14.1. The summed E-state index contributed by atoms with van der Waals surface area (Å²) in [5, 5.41) is 3.31. The normalized spacial score (nSPS) is 24.0. The van der Waals surface area contributed by atoms with Crippen LogP contribution < -0.4 is 5.32 Å². The van der Waals surface area contributed by atoms with Crippen molar-refractivity contribution in [1.29, 1.82) is 0 Å². The van der Waals surface area contributed by atoms with Gasteiger partial charge < -0.3 is 9.73 Å². The summed E-state index contributed by atoms with van der Waals surface area (Å²) >= 11 is 0. The molecular formula is C19H22N2O2. The van der Waals surface area contributed by atoms with Crippen LogP contribution in [0.1, 0.15) is 36.5 Å². The van der Waals surface area contributed by atoms with E-state index in [1.165, 1.54) is 0 Å². The minimum atomic E-state index is -0.0166. The molecule has 2 fully saturated rings. The maximum Gasteiger partial charge on any atom is 0.228 e. The molecule has 0 radical (unpaired) electrons. The molecule has 1 N–H and O–H groups in total. The van der Waals surface area contributed by atoms with Crippen molar-refractivity contribution in [2.45, 2.75) is 37.3 Å². The number of piperidine rings is 1. The van der Waals surface area contributed by atoms with E-state index < -0.39 is 0 Å². The number of benzene rings is 1. The smallest absolute Gasteiger partial charge is 0.228 e. The fourth-order valence-corrected chi connectivity index (χ4v) is 3.93. The molecule has 2 aromatic rings. The third kappa shape index (κ3) is 2.91. The Morgan fingerprint density at radius 3 is 2.61 bits per heavy atom. The van der Waals surface area contributed by atoms with E-state index in [4.69, 9.17) is 4.42 Å². The van der Waals surface area contributed by atoms with Gasteiger partial charge in [-0.1, -0.05) is 30.3 Å². The first-order valence-electron chi connectivity index (χ1n) is 8.36. The van der Waals surface area contributed by atoms with E-state index in [2.05, 4.69) is 22.3 Å². The van der Waals surface area contributed by atoms with Crippen LogP contribution in [0, 0.1) is 0 Å². The summed E-state index contributed by atoms with van der Waals surface area (Å²) in [5.41, 5.74) is 1.12. The van der Waals surface area contributed by atoms with Crippen LogP contribution in [0.3, 0.4) is 0 Å². The Balaban J connectivity index is 1.40. The lowest BCUT2D eigenvalue weighted by atomic mass is 9.82. The van der Waals surface area contributed by atoms with Gasteiger partial charge in [-0.25, -0.2) is 0 Å². The largest absolute Gasteiger partial charge is 0.468 e. The maximum absolute atomic E-state index is 12.4. The number of rotatable bonds is 3. The third-order valence-corrected chi connectivity index (χ3v) is 5.27. The van der Waals surface area contributed by atoms with Gasteiger partial charge in [0.15, 0.2) is 0 Å². The van der Waals surface area contributed by atoms with E-state index >= 15 is 0 Å². The lowest BCUT2D eigenvalue weighted by Crippen LogP contribution is -2.50. The minimum Gasteiger partial charge on any atom is -0.468 e. The Bertz CT molecular complexity index is 658. The second-order valence-corrected chi connectivity index (χ2v) is 6.79. The average Bonchev–Trinajstić information content (AvgIpc) is 3.19. The van der Waals surface area contributed by atoms with Crippen molar-refractivity contribution in [1.82, 2.24) is 10.2 Å². The average molecular weight is 310 g/mol. The van der Waals surface area contributed by atoms with Crippen LogP contribution in [0.15, 0.2) is 53.1 Å². The molecule has 4 nitrogen and oxygen atoms in total. The maximum atomic E-state index is 12.4. The van der Waals surface area contributed by atoms with Crippen LogP contribution in [0.2, 0.25) is 0 Å². The second-order valence-electron chi connectivity index (χ2n) is 6.79. The highest BCUT2D eigenvalue weighted by atomic mass is 16.3. The zero-order valence-corrected chi connectivity index (χ0v) is 13.2. The number of nitrogens with zero attached hydrogens (tertiary/aromatic N) is 1. The van der Waals surface area contributed by atoms with E-state index in [9.17, 15) is 4.79 Å². The zero-order valence-electron chi connectivity index (χ0n) is 13.2. The summed E-state index contributed by atoms with van der Waals surface area (Å²) < 4.78 is 5.43. The van der Waals surface area contributed by atoms with Gasteiger partial charge >= 0.3 is 0 Å². The molecule has 2 saturated heterocycles. The standard InChI is InChI=1S/C19H22N2O2/c22-18-17(15-5-2-1-3-6-15)13-19(20-18)8-10-21(11-9-19)14-16-7-4-12-23-16/h1-7,12,17H,8-11,13-14H2,(H,20,22). The van der Waals surface area contributed by atoms with Crippen LogP contribution in [0.25, 0.3) is 0 Å². The number of carbonyl (C=O) groups excluding carboxylic acids is 1. The fraction of sp³-hybridized carbons (Fsp3) is 0.421. The number of nitrogens with one attached hydrogen (secondary N) is 1. The molecule has 2 aliphatic rings. The molecule has 1 aromatic carbocycles. The number of furan rings is 1. The Morgan fingerprint density at radius 2 is 1.91 bits per heavy atom. The predicted molar refractivity (Wildman–Crippen MR) is 87.9 cm³/mol. The second kappa shape index (κ2) is 5.85. The van der Waals surface area contributed by atoms with Crippen LogP contribution in [0.4, 0.5) is 0 Å². The van der Waals surface area contributed by atoms with Crippen molar-refractivity contribution < 1.29 is 9.21 Å². The van der Waals surface area contributed by atoms with E-state index in [1.807, 2.05) is 30.3 Å². The highest BCUT2D eigenvalue weighted by molar-refractivity contribution is 5.87. The minimum absolute atomic E-state index is 0.00724. The molecule has 0 aliphatic carbocycles. The number of carbonyl (C=O) groups is 1. The molecule has 1 spiro atoms. The first-order chi connectivity index (χ1) is 11.2. The fourth-order valence-electron chi connectivity index (χ4n) is 3.93. The molecule has 4 heteroatoms. The van der Waals surface area contributed by atoms with Crippen molar-refractivity contribution in [2.24, 2.45) is 0 Å². The zero-order chi connectivity index (χ0) is 15.7. The SMILES string of the molecule is O=C1NC2(CCN(Cc3ccco3)CC2)CC1c1ccccc1. The van der Waals surface area contributed by atoms with E-state index in [-0.39, 0.29) is 17.4 Å². The number of hydrogen-bond donors (Lipinski definition) is 1. The molecule has 0 bridgehead atoms. The Labute approximate surface area is 136 Å². The van der Waals surface area contributed by atoms with Crippen molar-refractivity contribution in [3.63, 3.8) is 0 Å². The first kappa shape index (κ1) is 14.5. The van der Waals surface area contributed by atoms with Gasteiger partial charge in [0.25, 0.3) is 0 Å². The van der Waals surface area contributed by atoms with Gasteiger partial charge in [-0.2, -0.15) is 0 Å². The number of likely N-dealkylation sites (tertiary alicyclic amines) is 1. The Morgan fingerprint density at radius 1 is 1.13 bits per heavy atom. The van der Waals surface area contributed by atoms with Crippen molar-refractivity contribution in [3.8, 4) is 0 Å². The van der Waals surface area contributed by atoms with Gasteiger partial charge in [0, 0.05) is 18.6 Å². The summed E-state index contributed by atoms with van der Waals surface area (Å²) in [6.45, 7) is 2.87. The first-order valence-corrected chi connectivity index (χ1v) is 8.36. The molecular weight excluding hydrogens is 288 g/mol. The van der Waals surface area contributed by atoms with Gasteiger partial charge in [0.05, 0.1) is 18.7 Å². The van der Waals surface area contributed by atoms with Crippen LogP contribution in [0.5, 0.6) is 0 Å². The Kier molecular flexibility index (Phi) is 3.69. The molecule has 1 unspecified atom stereocenters. The van der Waals surface area contributed by atoms with Gasteiger partial charge in [0.1, 0.15) is 5.76 Å². The van der Waals surface area contributed by atoms with Crippen LogP contribution in [-0.4, -0.2) is 29.4 Å². The molecule has 1 amide bonds. The molecule has 4 rings (SSSR count). The highest BCUT2D eigenvalue weighted by Crippen LogP contribution is 2.39. The summed E-state index contributed by atoms with van der Waals surface area (Å²) in [5.74, 6) is 1.21. The summed E-state index contributed by atoms with van der Waals surface area (Å²) in [7, 11) is 0. The van der Waals surface area contributed by atoms with Crippen LogP contribution >= 0.6 is 0 Å². The van der Waals surface area contributed by atoms with Gasteiger partial charge in [-0.15, -0.1) is 0 Å². The third-order valence-electron chi connectivity index (χ3n) is 5.27. The quantitative estimate of drug-likeness (QED) is 0.948. The lowest BCUT2D eigenvalue weighted by Gasteiger charge is -2.39. The summed E-state index contributed by atoms with van der Waals surface area (Å²) in [4.78, 5) is 14.9. The molecule has 0 saturated carbocycles. The topological polar surface area (TPSA) is 45.5 Å². The van der Waals surface area contributed by atoms with E-state index in [1.54, 1.807) is 6.26 Å². The molecule has 3 heterocycles. The van der Waals surface area contributed by atoms with Crippen molar-refractivity contribution in [2.75, 3.05) is 13.1 Å². The predicted octanol–water partition coefficient (Wildman–Crippen LogP) is 2.92. The molecule has 23 heavy (non-hydrogen) atoms.